The summed E-state index contributed by atoms with van der Waals surface area (Å²) in [5.41, 5.74) is 6.47. The highest BCUT2D eigenvalue weighted by atomic mass is 32.2. The molecule has 3 rings (SSSR count). The number of anilines is 2. The summed E-state index contributed by atoms with van der Waals surface area (Å²) in [7, 11) is -4.21. The topological polar surface area (TPSA) is 156 Å². The van der Waals surface area contributed by atoms with E-state index < -0.39 is 16.0 Å². The number of allylic oxidation sites excluding steroid dienone is 1. The maximum Gasteiger partial charge on any atom is 0.283 e. The average molecular weight is 340 g/mol. The lowest BCUT2D eigenvalue weighted by Gasteiger charge is -2.13. The molecule has 2 aromatic heterocycles. The third kappa shape index (κ3) is 3.25. The standard InChI is InChI=1S/C12H16N6O4S/c13-12-16-10(15-6-23(20,21)22)9-11(17-12)18(5-14-9)8-2-1-7(3-8)4-19/h1-2,5,7-8,19H,3-4,6H2,(H,20,21,22)(H3,13,15,16,17)/t7-,8+/m1/s1. The summed E-state index contributed by atoms with van der Waals surface area (Å²) < 4.78 is 32.4. The fourth-order valence-corrected chi connectivity index (χ4v) is 2.87. The molecule has 5 N–H and O–H groups in total. The molecule has 2 atom stereocenters. The van der Waals surface area contributed by atoms with E-state index in [0.717, 1.165) is 0 Å². The number of imidazole rings is 1. The molecule has 0 radical (unpaired) electrons. The summed E-state index contributed by atoms with van der Waals surface area (Å²) in [5.74, 6) is -0.544. The van der Waals surface area contributed by atoms with E-state index in [1.165, 1.54) is 0 Å². The Labute approximate surface area is 131 Å². The number of nitrogens with zero attached hydrogens (tertiary/aromatic N) is 4. The molecule has 11 heteroatoms. The molecule has 0 amide bonds. The van der Waals surface area contributed by atoms with Crippen LogP contribution in [0, 0.1) is 5.92 Å². The van der Waals surface area contributed by atoms with Crippen LogP contribution < -0.4 is 11.1 Å². The van der Waals surface area contributed by atoms with Crippen molar-refractivity contribution in [2.45, 2.75) is 12.5 Å². The lowest BCUT2D eigenvalue weighted by Crippen LogP contribution is -2.15. The van der Waals surface area contributed by atoms with Crippen molar-refractivity contribution in [2.75, 3.05) is 23.5 Å². The van der Waals surface area contributed by atoms with Gasteiger partial charge in [-0.2, -0.15) is 18.4 Å². The van der Waals surface area contributed by atoms with Gasteiger partial charge in [0.25, 0.3) is 10.1 Å². The summed E-state index contributed by atoms with van der Waals surface area (Å²) in [5, 5.41) is 11.7. The van der Waals surface area contributed by atoms with Gasteiger partial charge in [0.15, 0.2) is 17.0 Å². The van der Waals surface area contributed by atoms with Crippen molar-refractivity contribution in [2.24, 2.45) is 5.92 Å². The third-order valence-corrected chi connectivity index (χ3v) is 4.11. The maximum atomic E-state index is 10.9. The quantitative estimate of drug-likeness (QED) is 0.426. The number of nitrogens with one attached hydrogen (secondary N) is 1. The largest absolute Gasteiger partial charge is 0.396 e. The normalized spacial score (nSPS) is 21.1. The van der Waals surface area contributed by atoms with E-state index in [4.69, 9.17) is 10.3 Å². The van der Waals surface area contributed by atoms with E-state index in [-0.39, 0.29) is 30.3 Å². The maximum absolute atomic E-state index is 10.9. The van der Waals surface area contributed by atoms with Crippen molar-refractivity contribution in [3.05, 3.63) is 18.5 Å². The van der Waals surface area contributed by atoms with Gasteiger partial charge in [0.1, 0.15) is 5.88 Å². The van der Waals surface area contributed by atoms with Crippen molar-refractivity contribution < 1.29 is 18.1 Å². The summed E-state index contributed by atoms with van der Waals surface area (Å²) in [6, 6.07) is -0.0270. The van der Waals surface area contributed by atoms with Crippen LogP contribution in [0.1, 0.15) is 12.5 Å². The molecule has 1 aliphatic rings. The summed E-state index contributed by atoms with van der Waals surface area (Å²) >= 11 is 0. The molecule has 0 aromatic carbocycles. The SMILES string of the molecule is Nc1nc(NCS(=O)(=O)O)c2ncn([C@H]3C=C[C@@H](CO)C3)c2n1. The number of fused-ring (bicyclic) bond motifs is 1. The second-order valence-corrected chi connectivity index (χ2v) is 6.74. The highest BCUT2D eigenvalue weighted by Gasteiger charge is 2.23. The first-order chi connectivity index (χ1) is 10.9. The number of rotatable bonds is 5. The van der Waals surface area contributed by atoms with Crippen LogP contribution in [0.4, 0.5) is 11.8 Å². The fraction of sp³-hybridized carbons (Fsp3) is 0.417. The minimum absolute atomic E-state index is 0.0270. The first kappa shape index (κ1) is 15.6. The van der Waals surface area contributed by atoms with Crippen LogP contribution >= 0.6 is 0 Å². The van der Waals surface area contributed by atoms with Crippen LogP contribution in [0.5, 0.6) is 0 Å². The molecule has 0 saturated carbocycles. The van der Waals surface area contributed by atoms with Gasteiger partial charge in [-0.1, -0.05) is 12.2 Å². The van der Waals surface area contributed by atoms with Gasteiger partial charge in [-0.05, 0) is 6.42 Å². The van der Waals surface area contributed by atoms with Crippen LogP contribution in [0.25, 0.3) is 11.2 Å². The van der Waals surface area contributed by atoms with E-state index in [2.05, 4.69) is 20.3 Å². The zero-order valence-electron chi connectivity index (χ0n) is 12.0. The summed E-state index contributed by atoms with van der Waals surface area (Å²) in [6.07, 6.45) is 6.15. The van der Waals surface area contributed by atoms with Gasteiger partial charge < -0.3 is 20.7 Å². The zero-order chi connectivity index (χ0) is 16.6. The first-order valence-corrected chi connectivity index (χ1v) is 8.46. The van der Waals surface area contributed by atoms with Crippen LogP contribution in [-0.4, -0.2) is 50.1 Å². The number of nitrogens with two attached hydrogens (primary N) is 1. The van der Waals surface area contributed by atoms with Gasteiger partial charge in [-0.3, -0.25) is 4.55 Å². The molecule has 0 aliphatic heterocycles. The van der Waals surface area contributed by atoms with Gasteiger partial charge in [0, 0.05) is 12.5 Å². The van der Waals surface area contributed by atoms with E-state index in [1.807, 2.05) is 12.2 Å². The predicted octanol–water partition coefficient (Wildman–Crippen LogP) is -0.225. The number of hydrogen-bond donors (Lipinski definition) is 4. The van der Waals surface area contributed by atoms with Gasteiger partial charge in [0.05, 0.1) is 12.4 Å². The molecule has 23 heavy (non-hydrogen) atoms. The highest BCUT2D eigenvalue weighted by molar-refractivity contribution is 7.85. The molecule has 124 valence electrons. The molecule has 0 unspecified atom stereocenters. The number of aromatic nitrogens is 4. The Balaban J connectivity index is 1.97. The minimum atomic E-state index is -4.21. The van der Waals surface area contributed by atoms with Crippen molar-refractivity contribution in [3.8, 4) is 0 Å². The lowest BCUT2D eigenvalue weighted by atomic mass is 10.1. The second-order valence-electron chi connectivity index (χ2n) is 5.29. The van der Waals surface area contributed by atoms with Crippen molar-refractivity contribution in [1.82, 2.24) is 19.5 Å². The molecular formula is C12H16N6O4S. The number of aliphatic hydroxyl groups is 1. The molecule has 2 aromatic rings. The third-order valence-electron chi connectivity index (χ3n) is 3.60. The molecule has 0 fully saturated rings. The van der Waals surface area contributed by atoms with E-state index in [9.17, 15) is 13.5 Å². The number of hydrogen-bond acceptors (Lipinski definition) is 8. The Hall–Kier alpha value is -2.24. The van der Waals surface area contributed by atoms with Crippen LogP contribution in [0.3, 0.4) is 0 Å². The number of aliphatic hydroxyl groups excluding tert-OH is 1. The number of nitrogen functional groups attached to an aromatic ring is 1. The second kappa shape index (κ2) is 5.76. The van der Waals surface area contributed by atoms with Crippen LogP contribution in [-0.2, 0) is 10.1 Å². The van der Waals surface area contributed by atoms with Crippen molar-refractivity contribution >= 4 is 33.0 Å². The van der Waals surface area contributed by atoms with Gasteiger partial charge >= 0.3 is 0 Å². The Kier molecular flexibility index (Phi) is 3.92. The molecule has 0 bridgehead atoms. The smallest absolute Gasteiger partial charge is 0.283 e. The average Bonchev–Trinajstić information content (AvgIpc) is 3.09. The summed E-state index contributed by atoms with van der Waals surface area (Å²) in [6.45, 7) is 0.0674. The van der Waals surface area contributed by atoms with Gasteiger partial charge in [-0.15, -0.1) is 0 Å². The fourth-order valence-electron chi connectivity index (χ4n) is 2.55. The predicted molar refractivity (Wildman–Crippen MR) is 83.1 cm³/mol. The molecule has 0 saturated heterocycles. The summed E-state index contributed by atoms with van der Waals surface area (Å²) in [4.78, 5) is 12.3. The Morgan fingerprint density at radius 2 is 2.17 bits per heavy atom. The molecule has 2 heterocycles. The Bertz CT molecular complexity index is 862. The Morgan fingerprint density at radius 1 is 1.39 bits per heavy atom. The molecular weight excluding hydrogens is 324 g/mol. The van der Waals surface area contributed by atoms with Gasteiger partial charge in [-0.25, -0.2) is 4.98 Å². The van der Waals surface area contributed by atoms with E-state index in [0.29, 0.717) is 17.6 Å². The molecule has 0 spiro atoms. The van der Waals surface area contributed by atoms with Crippen LogP contribution in [0.15, 0.2) is 18.5 Å². The van der Waals surface area contributed by atoms with Gasteiger partial charge in [0.2, 0.25) is 5.95 Å². The van der Waals surface area contributed by atoms with Crippen molar-refractivity contribution in [1.29, 1.82) is 0 Å². The Morgan fingerprint density at radius 3 is 2.83 bits per heavy atom. The first-order valence-electron chi connectivity index (χ1n) is 6.85. The lowest BCUT2D eigenvalue weighted by molar-refractivity contribution is 0.244. The zero-order valence-corrected chi connectivity index (χ0v) is 12.8. The van der Waals surface area contributed by atoms with Crippen LogP contribution in [0.2, 0.25) is 0 Å². The molecule has 10 nitrogen and oxygen atoms in total. The van der Waals surface area contributed by atoms with E-state index in [1.54, 1.807) is 10.9 Å². The molecule has 1 aliphatic carbocycles. The minimum Gasteiger partial charge on any atom is -0.396 e. The monoisotopic (exact) mass is 340 g/mol. The van der Waals surface area contributed by atoms with E-state index >= 15 is 0 Å². The van der Waals surface area contributed by atoms with Crippen molar-refractivity contribution in [3.63, 3.8) is 0 Å². The highest BCUT2D eigenvalue weighted by Crippen LogP contribution is 2.31.